The van der Waals surface area contributed by atoms with Crippen molar-refractivity contribution >= 4 is 11.8 Å². The maximum atomic E-state index is 11.7. The maximum Gasteiger partial charge on any atom is 0.257 e. The van der Waals surface area contributed by atoms with E-state index in [1.54, 1.807) is 0 Å². The lowest BCUT2D eigenvalue weighted by Crippen LogP contribution is -2.29. The SMILES string of the molecule is CON1C(=O)C2CCC(C)CC2C1=O. The highest BCUT2D eigenvalue weighted by Gasteiger charge is 2.50. The number of hydrogen-bond donors (Lipinski definition) is 0. The summed E-state index contributed by atoms with van der Waals surface area (Å²) in [7, 11) is 1.37. The van der Waals surface area contributed by atoms with Gasteiger partial charge in [-0.1, -0.05) is 6.92 Å². The zero-order chi connectivity index (χ0) is 10.3. The molecule has 1 aliphatic carbocycles. The predicted molar refractivity (Wildman–Crippen MR) is 48.9 cm³/mol. The van der Waals surface area contributed by atoms with Crippen LogP contribution in [0.5, 0.6) is 0 Å². The molecule has 2 amide bonds. The van der Waals surface area contributed by atoms with E-state index in [4.69, 9.17) is 4.84 Å². The Hall–Kier alpha value is -0.900. The van der Waals surface area contributed by atoms with Gasteiger partial charge in [-0.2, -0.15) is 5.06 Å². The molecule has 0 aromatic heterocycles. The minimum absolute atomic E-state index is 0.112. The Balaban J connectivity index is 2.21. The van der Waals surface area contributed by atoms with E-state index in [-0.39, 0.29) is 23.7 Å². The molecule has 3 unspecified atom stereocenters. The number of amides is 2. The van der Waals surface area contributed by atoms with Crippen LogP contribution in [0, 0.1) is 17.8 Å². The standard InChI is InChI=1S/C10H15NO3/c1-6-3-4-7-8(5-6)10(13)11(14-2)9(7)12/h6-8H,3-5H2,1-2H3. The molecule has 0 bridgehead atoms. The fourth-order valence-electron chi connectivity index (χ4n) is 2.54. The minimum atomic E-state index is -0.144. The van der Waals surface area contributed by atoms with Crippen LogP contribution in [-0.4, -0.2) is 24.0 Å². The van der Waals surface area contributed by atoms with Crippen molar-refractivity contribution in [3.05, 3.63) is 0 Å². The second-order valence-corrected chi connectivity index (χ2v) is 4.28. The molecule has 0 spiro atoms. The van der Waals surface area contributed by atoms with E-state index in [2.05, 4.69) is 6.92 Å². The lowest BCUT2D eigenvalue weighted by Gasteiger charge is -2.25. The number of imide groups is 1. The smallest absolute Gasteiger partial charge is 0.257 e. The van der Waals surface area contributed by atoms with Gasteiger partial charge in [0.25, 0.3) is 11.8 Å². The Morgan fingerprint density at radius 1 is 1.21 bits per heavy atom. The summed E-state index contributed by atoms with van der Waals surface area (Å²) < 4.78 is 0. The highest BCUT2D eigenvalue weighted by atomic mass is 16.7. The lowest BCUT2D eigenvalue weighted by atomic mass is 9.76. The second-order valence-electron chi connectivity index (χ2n) is 4.28. The third-order valence-corrected chi connectivity index (χ3v) is 3.33. The van der Waals surface area contributed by atoms with Crippen LogP contribution >= 0.6 is 0 Å². The van der Waals surface area contributed by atoms with Crippen molar-refractivity contribution in [1.82, 2.24) is 5.06 Å². The van der Waals surface area contributed by atoms with Crippen LogP contribution in [-0.2, 0) is 14.4 Å². The molecule has 2 rings (SSSR count). The van der Waals surface area contributed by atoms with Gasteiger partial charge < -0.3 is 0 Å². The van der Waals surface area contributed by atoms with E-state index in [1.807, 2.05) is 0 Å². The van der Waals surface area contributed by atoms with Crippen LogP contribution in [0.4, 0.5) is 0 Å². The van der Waals surface area contributed by atoms with Crippen LogP contribution in [0.25, 0.3) is 0 Å². The van der Waals surface area contributed by atoms with Gasteiger partial charge in [0.15, 0.2) is 0 Å². The van der Waals surface area contributed by atoms with Crippen molar-refractivity contribution in [2.75, 3.05) is 7.11 Å². The topological polar surface area (TPSA) is 46.6 Å². The summed E-state index contributed by atoms with van der Waals surface area (Å²) in [5.74, 6) is 0.0260. The van der Waals surface area contributed by atoms with Gasteiger partial charge in [0, 0.05) is 0 Å². The van der Waals surface area contributed by atoms with E-state index >= 15 is 0 Å². The summed E-state index contributed by atoms with van der Waals surface area (Å²) in [6.45, 7) is 2.13. The highest BCUT2D eigenvalue weighted by molar-refractivity contribution is 6.04. The first-order valence-corrected chi connectivity index (χ1v) is 5.07. The van der Waals surface area contributed by atoms with Crippen molar-refractivity contribution in [3.8, 4) is 0 Å². The number of hydroxylamine groups is 2. The Labute approximate surface area is 83.2 Å². The Kier molecular flexibility index (Phi) is 2.31. The third kappa shape index (κ3) is 1.25. The molecular formula is C10H15NO3. The quantitative estimate of drug-likeness (QED) is 0.588. The number of hydrogen-bond acceptors (Lipinski definition) is 3. The molecule has 0 aromatic carbocycles. The van der Waals surface area contributed by atoms with Crippen LogP contribution < -0.4 is 0 Å². The molecule has 0 N–H and O–H groups in total. The van der Waals surface area contributed by atoms with Gasteiger partial charge in [-0.3, -0.25) is 14.4 Å². The molecule has 4 heteroatoms. The number of fused-ring (bicyclic) bond motifs is 1. The Morgan fingerprint density at radius 2 is 1.86 bits per heavy atom. The number of nitrogens with zero attached hydrogens (tertiary/aromatic N) is 1. The fourth-order valence-corrected chi connectivity index (χ4v) is 2.54. The van der Waals surface area contributed by atoms with E-state index in [9.17, 15) is 9.59 Å². The molecule has 78 valence electrons. The molecule has 1 saturated heterocycles. The first kappa shape index (κ1) is 9.65. The van der Waals surface area contributed by atoms with E-state index < -0.39 is 0 Å². The Bertz CT molecular complexity index is 277. The molecule has 1 heterocycles. The van der Waals surface area contributed by atoms with E-state index in [1.165, 1.54) is 7.11 Å². The van der Waals surface area contributed by atoms with Crippen molar-refractivity contribution in [2.24, 2.45) is 17.8 Å². The molecule has 0 aromatic rings. The molecule has 3 atom stereocenters. The van der Waals surface area contributed by atoms with Crippen LogP contribution in [0.1, 0.15) is 26.2 Å². The number of carbonyl (C=O) groups excluding carboxylic acids is 2. The van der Waals surface area contributed by atoms with Gasteiger partial charge in [0.1, 0.15) is 0 Å². The Morgan fingerprint density at radius 3 is 2.50 bits per heavy atom. The summed E-state index contributed by atoms with van der Waals surface area (Å²) in [6, 6.07) is 0. The van der Waals surface area contributed by atoms with E-state index in [0.717, 1.165) is 24.3 Å². The van der Waals surface area contributed by atoms with Crippen molar-refractivity contribution in [2.45, 2.75) is 26.2 Å². The van der Waals surface area contributed by atoms with Gasteiger partial charge in [-0.15, -0.1) is 0 Å². The summed E-state index contributed by atoms with van der Waals surface area (Å²) in [5.41, 5.74) is 0. The largest absolute Gasteiger partial charge is 0.272 e. The summed E-state index contributed by atoms with van der Waals surface area (Å²) in [5, 5.41) is 0.938. The first-order chi connectivity index (χ1) is 6.65. The van der Waals surface area contributed by atoms with Crippen LogP contribution in [0.3, 0.4) is 0 Å². The molecule has 2 fully saturated rings. The first-order valence-electron chi connectivity index (χ1n) is 5.07. The van der Waals surface area contributed by atoms with Gasteiger partial charge in [-0.05, 0) is 25.2 Å². The van der Waals surface area contributed by atoms with Crippen molar-refractivity contribution in [3.63, 3.8) is 0 Å². The van der Waals surface area contributed by atoms with Gasteiger partial charge >= 0.3 is 0 Å². The molecule has 14 heavy (non-hydrogen) atoms. The average molecular weight is 197 g/mol. The third-order valence-electron chi connectivity index (χ3n) is 3.33. The second kappa shape index (κ2) is 3.35. The van der Waals surface area contributed by atoms with Gasteiger partial charge in [0.2, 0.25) is 0 Å². The summed E-state index contributed by atoms with van der Waals surface area (Å²) >= 11 is 0. The molecule has 0 radical (unpaired) electrons. The van der Waals surface area contributed by atoms with Gasteiger partial charge in [0.05, 0.1) is 18.9 Å². The number of carbonyl (C=O) groups is 2. The zero-order valence-corrected chi connectivity index (χ0v) is 8.53. The minimum Gasteiger partial charge on any atom is -0.272 e. The van der Waals surface area contributed by atoms with Crippen LogP contribution in [0.15, 0.2) is 0 Å². The van der Waals surface area contributed by atoms with Crippen LogP contribution in [0.2, 0.25) is 0 Å². The fraction of sp³-hybridized carbons (Fsp3) is 0.800. The normalized spacial score (nSPS) is 37.6. The number of rotatable bonds is 1. The zero-order valence-electron chi connectivity index (χ0n) is 8.53. The molecule has 2 aliphatic rings. The average Bonchev–Trinajstić information content (AvgIpc) is 2.39. The molecule has 1 aliphatic heterocycles. The van der Waals surface area contributed by atoms with E-state index in [0.29, 0.717) is 5.92 Å². The summed E-state index contributed by atoms with van der Waals surface area (Å²) in [4.78, 5) is 28.2. The monoisotopic (exact) mass is 197 g/mol. The lowest BCUT2D eigenvalue weighted by molar-refractivity contribution is -0.181. The van der Waals surface area contributed by atoms with Gasteiger partial charge in [-0.25, -0.2) is 0 Å². The molecule has 4 nitrogen and oxygen atoms in total. The maximum absolute atomic E-state index is 11.7. The highest BCUT2D eigenvalue weighted by Crippen LogP contribution is 2.40. The summed E-state index contributed by atoms with van der Waals surface area (Å²) in [6.07, 6.45) is 2.70. The van der Waals surface area contributed by atoms with Crippen molar-refractivity contribution in [1.29, 1.82) is 0 Å². The predicted octanol–water partition coefficient (Wildman–Crippen LogP) is 0.969. The van der Waals surface area contributed by atoms with Crippen molar-refractivity contribution < 1.29 is 14.4 Å². The molecule has 1 saturated carbocycles. The molecular weight excluding hydrogens is 182 g/mol.